The Morgan fingerprint density at radius 2 is 2.00 bits per heavy atom. The van der Waals surface area contributed by atoms with Gasteiger partial charge in [0.2, 0.25) is 0 Å². The number of aryl methyl sites for hydroxylation is 1. The number of rotatable bonds is 2. The Hall–Kier alpha value is 0.0382. The molecule has 0 N–H and O–H groups in total. The fourth-order valence-corrected chi connectivity index (χ4v) is 1.77. The molecule has 1 aromatic rings. The Labute approximate surface area is 76.1 Å². The zero-order valence-electron chi connectivity index (χ0n) is 6.17. The van der Waals surface area contributed by atoms with Crippen LogP contribution in [-0.4, -0.2) is 23.0 Å². The first-order chi connectivity index (χ1) is 4.84. The molecule has 0 aliphatic rings. The van der Waals surface area contributed by atoms with E-state index in [1.165, 1.54) is 21.9 Å². The van der Waals surface area contributed by atoms with Crippen LogP contribution in [0, 0.1) is 0 Å². The molecular formula is C9H11Sb. The van der Waals surface area contributed by atoms with E-state index in [-0.39, 0.29) is 0 Å². The first kappa shape index (κ1) is 8.14. The van der Waals surface area contributed by atoms with Gasteiger partial charge in [-0.15, -0.1) is 0 Å². The molecule has 0 saturated heterocycles. The van der Waals surface area contributed by atoms with Crippen LogP contribution in [0.25, 0.3) is 0 Å². The first-order valence-corrected chi connectivity index (χ1v) is 4.89. The Morgan fingerprint density at radius 3 is 2.60 bits per heavy atom. The minimum absolute atomic E-state index is 1.23. The Morgan fingerprint density at radius 1 is 1.30 bits per heavy atom. The van der Waals surface area contributed by atoms with Gasteiger partial charge < -0.3 is 0 Å². The maximum absolute atomic E-state index is 2.22. The van der Waals surface area contributed by atoms with Gasteiger partial charge in [-0.2, -0.15) is 0 Å². The molecule has 0 atom stereocenters. The van der Waals surface area contributed by atoms with E-state index in [4.69, 9.17) is 0 Å². The zero-order valence-corrected chi connectivity index (χ0v) is 8.72. The van der Waals surface area contributed by atoms with E-state index in [1.807, 2.05) is 23.0 Å². The van der Waals surface area contributed by atoms with Crippen molar-refractivity contribution in [3.8, 4) is 0 Å². The molecule has 0 amide bonds. The summed E-state index contributed by atoms with van der Waals surface area (Å²) in [7, 11) is 0. The topological polar surface area (TPSA) is 0 Å². The predicted molar refractivity (Wildman–Crippen MR) is 45.8 cm³/mol. The van der Waals surface area contributed by atoms with Crippen molar-refractivity contribution in [1.29, 1.82) is 0 Å². The molecule has 0 aliphatic heterocycles. The molecular weight excluding hydrogens is 230 g/mol. The average Bonchev–Trinajstić information content (AvgIpc) is 1.94. The molecule has 0 unspecified atom stereocenters. The van der Waals surface area contributed by atoms with Gasteiger partial charge in [0, 0.05) is 0 Å². The van der Waals surface area contributed by atoms with Gasteiger partial charge in [-0.3, -0.25) is 0 Å². The van der Waals surface area contributed by atoms with Crippen molar-refractivity contribution in [3.05, 3.63) is 29.8 Å². The molecule has 52 valence electrons. The summed E-state index contributed by atoms with van der Waals surface area (Å²) in [6, 6.07) is 8.63. The SMILES string of the molecule is CCCc1cccc[c]1[Sb]. The van der Waals surface area contributed by atoms with Crippen LogP contribution in [-0.2, 0) is 6.42 Å². The molecule has 1 rings (SSSR count). The van der Waals surface area contributed by atoms with E-state index in [9.17, 15) is 0 Å². The molecule has 0 bridgehead atoms. The summed E-state index contributed by atoms with van der Waals surface area (Å²) in [5.41, 5.74) is 1.51. The van der Waals surface area contributed by atoms with Crippen LogP contribution in [0.2, 0.25) is 0 Å². The van der Waals surface area contributed by atoms with Crippen LogP contribution >= 0.6 is 0 Å². The van der Waals surface area contributed by atoms with E-state index < -0.39 is 0 Å². The van der Waals surface area contributed by atoms with Crippen LogP contribution in [0.4, 0.5) is 0 Å². The summed E-state index contributed by atoms with van der Waals surface area (Å²) in [4.78, 5) is 0. The second kappa shape index (κ2) is 4.03. The number of benzene rings is 1. The van der Waals surface area contributed by atoms with Crippen LogP contribution in [0.1, 0.15) is 18.9 Å². The molecule has 0 aromatic heterocycles. The fraction of sp³-hybridized carbons (Fsp3) is 0.333. The summed E-state index contributed by atoms with van der Waals surface area (Å²) < 4.78 is 1.47. The summed E-state index contributed by atoms with van der Waals surface area (Å²) in [6.07, 6.45) is 2.48. The van der Waals surface area contributed by atoms with Gasteiger partial charge in [0.15, 0.2) is 0 Å². The van der Waals surface area contributed by atoms with E-state index in [0.29, 0.717) is 0 Å². The third kappa shape index (κ3) is 2.02. The van der Waals surface area contributed by atoms with Gasteiger partial charge in [0.05, 0.1) is 0 Å². The molecule has 10 heavy (non-hydrogen) atoms. The Bertz CT molecular complexity index is 206. The first-order valence-electron chi connectivity index (χ1n) is 3.61. The second-order valence-electron chi connectivity index (χ2n) is 2.38. The van der Waals surface area contributed by atoms with Crippen LogP contribution in [0.3, 0.4) is 0 Å². The van der Waals surface area contributed by atoms with Crippen molar-refractivity contribution in [2.24, 2.45) is 0 Å². The van der Waals surface area contributed by atoms with Crippen molar-refractivity contribution in [3.63, 3.8) is 0 Å². The zero-order chi connectivity index (χ0) is 7.40. The minimum atomic E-state index is 1.23. The van der Waals surface area contributed by atoms with Gasteiger partial charge >= 0.3 is 76.1 Å². The summed E-state index contributed by atoms with van der Waals surface area (Å²) >= 11 is 1.82. The molecule has 0 fully saturated rings. The number of hydrogen-bond donors (Lipinski definition) is 0. The quantitative estimate of drug-likeness (QED) is 0.687. The van der Waals surface area contributed by atoms with Crippen molar-refractivity contribution < 1.29 is 0 Å². The fourth-order valence-electron chi connectivity index (χ4n) is 0.992. The third-order valence-corrected chi connectivity index (χ3v) is 2.76. The molecule has 0 nitrogen and oxygen atoms in total. The van der Waals surface area contributed by atoms with E-state index in [1.54, 1.807) is 0 Å². The predicted octanol–water partition coefficient (Wildman–Crippen LogP) is 1.43. The van der Waals surface area contributed by atoms with E-state index in [0.717, 1.165) is 0 Å². The van der Waals surface area contributed by atoms with Crippen molar-refractivity contribution >= 4 is 26.5 Å². The molecule has 1 aromatic carbocycles. The summed E-state index contributed by atoms with van der Waals surface area (Å²) in [5.74, 6) is 0. The van der Waals surface area contributed by atoms with Crippen LogP contribution < -0.4 is 3.51 Å². The van der Waals surface area contributed by atoms with E-state index in [2.05, 4.69) is 31.2 Å². The van der Waals surface area contributed by atoms with Crippen LogP contribution in [0.5, 0.6) is 0 Å². The Balaban J connectivity index is 2.81. The normalized spacial score (nSPS) is 9.80. The molecule has 0 saturated carbocycles. The third-order valence-electron chi connectivity index (χ3n) is 1.51. The van der Waals surface area contributed by atoms with Crippen molar-refractivity contribution in [2.75, 3.05) is 0 Å². The van der Waals surface area contributed by atoms with Crippen molar-refractivity contribution in [1.82, 2.24) is 0 Å². The average molecular weight is 241 g/mol. The molecule has 0 heterocycles. The van der Waals surface area contributed by atoms with Gasteiger partial charge in [-0.1, -0.05) is 0 Å². The van der Waals surface area contributed by atoms with Gasteiger partial charge in [0.1, 0.15) is 0 Å². The molecule has 1 heteroatoms. The van der Waals surface area contributed by atoms with Crippen LogP contribution in [0.15, 0.2) is 24.3 Å². The standard InChI is InChI=1S/C9H11.Sb/c1-2-6-9-7-4-3-5-8-9;/h3-5,7H,2,6H2,1H3;. The van der Waals surface area contributed by atoms with Crippen molar-refractivity contribution in [2.45, 2.75) is 19.8 Å². The van der Waals surface area contributed by atoms with E-state index >= 15 is 0 Å². The van der Waals surface area contributed by atoms with Gasteiger partial charge in [0.25, 0.3) is 0 Å². The summed E-state index contributed by atoms with van der Waals surface area (Å²) in [6.45, 7) is 2.22. The monoisotopic (exact) mass is 240 g/mol. The second-order valence-corrected chi connectivity index (χ2v) is 3.75. The molecule has 0 aliphatic carbocycles. The molecule has 2 radical (unpaired) electrons. The summed E-state index contributed by atoms with van der Waals surface area (Å²) in [5, 5.41) is 0. The van der Waals surface area contributed by atoms with Gasteiger partial charge in [-0.25, -0.2) is 0 Å². The maximum atomic E-state index is 2.22. The Kier molecular flexibility index (Phi) is 3.28. The van der Waals surface area contributed by atoms with Gasteiger partial charge in [-0.05, 0) is 0 Å². The number of hydrogen-bond acceptors (Lipinski definition) is 0. The molecule has 0 spiro atoms.